The van der Waals surface area contributed by atoms with Gasteiger partial charge in [-0.25, -0.2) is 9.18 Å². The molecule has 1 aliphatic heterocycles. The molecule has 0 bridgehead atoms. The Balaban J connectivity index is 2.39. The fraction of sp³-hybridized carbons (Fsp3) is 0.462. The third-order valence-corrected chi connectivity index (χ3v) is 3.26. The number of ether oxygens (including phenoxy) is 1. The van der Waals surface area contributed by atoms with Gasteiger partial charge in [-0.1, -0.05) is 0 Å². The van der Waals surface area contributed by atoms with Gasteiger partial charge >= 0.3 is 5.97 Å². The molecule has 6 heteroatoms. The van der Waals surface area contributed by atoms with Crippen LogP contribution in [0.2, 0.25) is 0 Å². The first-order valence-corrected chi connectivity index (χ1v) is 6.10. The number of nitrogens with two attached hydrogens (primary N) is 1. The lowest BCUT2D eigenvalue weighted by atomic mass is 10.1. The number of carboxylic acid groups (broad SMARTS) is 1. The maximum absolute atomic E-state index is 13.8. The number of rotatable bonds is 2. The fourth-order valence-corrected chi connectivity index (χ4v) is 2.23. The Hall–Kier alpha value is -1.82. The molecule has 3 N–H and O–H groups in total. The molecule has 0 aliphatic carbocycles. The minimum Gasteiger partial charge on any atom is -0.478 e. The minimum absolute atomic E-state index is 0.0258. The summed E-state index contributed by atoms with van der Waals surface area (Å²) in [6.45, 7) is 5.01. The van der Waals surface area contributed by atoms with Gasteiger partial charge in [0, 0.05) is 18.7 Å². The molecule has 5 nitrogen and oxygen atoms in total. The maximum atomic E-state index is 13.8. The van der Waals surface area contributed by atoms with Gasteiger partial charge in [-0.3, -0.25) is 0 Å². The van der Waals surface area contributed by atoms with Crippen molar-refractivity contribution in [3.05, 3.63) is 23.5 Å². The molecule has 0 amide bonds. The Labute approximate surface area is 110 Å². The van der Waals surface area contributed by atoms with Crippen LogP contribution in [0.25, 0.3) is 0 Å². The number of carbonyl (C=O) groups is 1. The quantitative estimate of drug-likeness (QED) is 0.799. The van der Waals surface area contributed by atoms with Crippen molar-refractivity contribution in [1.82, 2.24) is 0 Å². The van der Waals surface area contributed by atoms with E-state index in [-0.39, 0.29) is 17.8 Å². The number of nitrogen functional groups attached to an aromatic ring is 1. The molecule has 2 atom stereocenters. The summed E-state index contributed by atoms with van der Waals surface area (Å²) in [7, 11) is 0. The van der Waals surface area contributed by atoms with Gasteiger partial charge in [0.15, 0.2) is 0 Å². The summed E-state index contributed by atoms with van der Waals surface area (Å²) >= 11 is 0. The molecule has 1 fully saturated rings. The number of aromatic carboxylic acids is 1. The van der Waals surface area contributed by atoms with Crippen LogP contribution in [0.4, 0.5) is 15.8 Å². The maximum Gasteiger partial charge on any atom is 0.338 e. The zero-order valence-electron chi connectivity index (χ0n) is 10.9. The van der Waals surface area contributed by atoms with Gasteiger partial charge in [0.1, 0.15) is 5.82 Å². The Morgan fingerprint density at radius 3 is 2.84 bits per heavy atom. The number of hydrogen-bond acceptors (Lipinski definition) is 4. The standard InChI is InChI=1S/C13H17FN2O3/c1-7-6-19-8(2)5-16(7)12-4-10(14)9(13(17)18)3-11(12)15/h3-4,7-8H,5-6,15H2,1-2H3,(H,17,18). The van der Waals surface area contributed by atoms with Crippen LogP contribution in [0.5, 0.6) is 0 Å². The summed E-state index contributed by atoms with van der Waals surface area (Å²) in [5.41, 5.74) is 6.23. The van der Waals surface area contributed by atoms with Crippen LogP contribution in [0.15, 0.2) is 12.1 Å². The molecule has 0 saturated carbocycles. The van der Waals surface area contributed by atoms with Crippen LogP contribution in [0.1, 0.15) is 24.2 Å². The molecule has 2 rings (SSSR count). The van der Waals surface area contributed by atoms with E-state index in [9.17, 15) is 9.18 Å². The van der Waals surface area contributed by atoms with Gasteiger partial charge in [-0.05, 0) is 19.9 Å². The molecule has 1 aliphatic rings. The SMILES string of the molecule is CC1CN(c2cc(F)c(C(=O)O)cc2N)C(C)CO1. The van der Waals surface area contributed by atoms with Crippen LogP contribution in [-0.4, -0.2) is 36.4 Å². The largest absolute Gasteiger partial charge is 0.478 e. The van der Waals surface area contributed by atoms with Crippen LogP contribution in [0, 0.1) is 5.82 Å². The highest BCUT2D eigenvalue weighted by molar-refractivity contribution is 5.91. The highest BCUT2D eigenvalue weighted by Gasteiger charge is 2.26. The molecule has 0 radical (unpaired) electrons. The molecule has 0 aromatic heterocycles. The minimum atomic E-state index is -1.32. The van der Waals surface area contributed by atoms with Crippen LogP contribution in [0.3, 0.4) is 0 Å². The summed E-state index contributed by atoms with van der Waals surface area (Å²) in [4.78, 5) is 12.8. The second-order valence-corrected chi connectivity index (χ2v) is 4.84. The van der Waals surface area contributed by atoms with Crippen molar-refractivity contribution < 1.29 is 19.0 Å². The number of carboxylic acids is 1. The molecule has 1 saturated heterocycles. The molecule has 1 aromatic carbocycles. The van der Waals surface area contributed by atoms with Crippen molar-refractivity contribution in [2.24, 2.45) is 0 Å². The number of anilines is 2. The number of nitrogens with zero attached hydrogens (tertiary/aromatic N) is 1. The molecule has 104 valence electrons. The summed E-state index contributed by atoms with van der Waals surface area (Å²) in [5.74, 6) is -2.10. The first-order valence-electron chi connectivity index (χ1n) is 6.10. The zero-order chi connectivity index (χ0) is 14.2. The predicted molar refractivity (Wildman–Crippen MR) is 70.0 cm³/mol. The molecule has 19 heavy (non-hydrogen) atoms. The van der Waals surface area contributed by atoms with E-state index >= 15 is 0 Å². The van der Waals surface area contributed by atoms with E-state index in [1.165, 1.54) is 12.1 Å². The van der Waals surface area contributed by atoms with Crippen LogP contribution >= 0.6 is 0 Å². The summed E-state index contributed by atoms with van der Waals surface area (Å²) < 4.78 is 19.3. The number of hydrogen-bond donors (Lipinski definition) is 2. The van der Waals surface area contributed by atoms with Crippen molar-refractivity contribution in [3.63, 3.8) is 0 Å². The van der Waals surface area contributed by atoms with Crippen molar-refractivity contribution in [1.29, 1.82) is 0 Å². The van der Waals surface area contributed by atoms with Gasteiger partial charge in [0.05, 0.1) is 29.6 Å². The second-order valence-electron chi connectivity index (χ2n) is 4.84. The summed E-state index contributed by atoms with van der Waals surface area (Å²) in [6.07, 6.45) is 0.0258. The van der Waals surface area contributed by atoms with Crippen molar-refractivity contribution in [2.45, 2.75) is 26.0 Å². The first kappa shape index (κ1) is 13.6. The van der Waals surface area contributed by atoms with Crippen molar-refractivity contribution in [3.8, 4) is 0 Å². The number of halogens is 1. The monoisotopic (exact) mass is 268 g/mol. The van der Waals surface area contributed by atoms with E-state index in [2.05, 4.69) is 0 Å². The number of benzene rings is 1. The van der Waals surface area contributed by atoms with E-state index in [1.54, 1.807) is 0 Å². The second kappa shape index (κ2) is 5.05. The van der Waals surface area contributed by atoms with Gasteiger partial charge in [0.25, 0.3) is 0 Å². The molecule has 2 unspecified atom stereocenters. The lowest BCUT2D eigenvalue weighted by Crippen LogP contribution is -2.47. The highest BCUT2D eigenvalue weighted by Crippen LogP contribution is 2.30. The summed E-state index contributed by atoms with van der Waals surface area (Å²) in [6, 6.07) is 2.42. The molecule has 0 spiro atoms. The molecular formula is C13H17FN2O3. The zero-order valence-corrected chi connectivity index (χ0v) is 10.9. The van der Waals surface area contributed by atoms with E-state index in [4.69, 9.17) is 15.6 Å². The Morgan fingerprint density at radius 1 is 1.53 bits per heavy atom. The first-order chi connectivity index (χ1) is 8.90. The molecule has 1 heterocycles. The summed E-state index contributed by atoms with van der Waals surface area (Å²) in [5, 5.41) is 8.86. The third-order valence-electron chi connectivity index (χ3n) is 3.26. The van der Waals surface area contributed by atoms with Crippen LogP contribution < -0.4 is 10.6 Å². The van der Waals surface area contributed by atoms with Gasteiger partial charge in [-0.2, -0.15) is 0 Å². The van der Waals surface area contributed by atoms with E-state index in [0.29, 0.717) is 18.8 Å². The third kappa shape index (κ3) is 2.63. The smallest absolute Gasteiger partial charge is 0.338 e. The molecular weight excluding hydrogens is 251 g/mol. The molecule has 1 aromatic rings. The normalized spacial score (nSPS) is 23.4. The van der Waals surface area contributed by atoms with E-state index in [1.807, 2.05) is 18.7 Å². The van der Waals surface area contributed by atoms with Gasteiger partial charge in [-0.15, -0.1) is 0 Å². The van der Waals surface area contributed by atoms with Crippen molar-refractivity contribution in [2.75, 3.05) is 23.8 Å². The van der Waals surface area contributed by atoms with Crippen molar-refractivity contribution >= 4 is 17.3 Å². The average molecular weight is 268 g/mol. The lowest BCUT2D eigenvalue weighted by Gasteiger charge is -2.39. The Kier molecular flexibility index (Phi) is 3.61. The lowest BCUT2D eigenvalue weighted by molar-refractivity contribution is 0.0344. The predicted octanol–water partition coefficient (Wildman–Crippen LogP) is 1.72. The average Bonchev–Trinajstić information content (AvgIpc) is 2.34. The van der Waals surface area contributed by atoms with E-state index in [0.717, 1.165) is 0 Å². The number of morpholine rings is 1. The Bertz CT molecular complexity index is 507. The fourth-order valence-electron chi connectivity index (χ4n) is 2.23. The van der Waals surface area contributed by atoms with E-state index < -0.39 is 17.3 Å². The van der Waals surface area contributed by atoms with Crippen LogP contribution in [-0.2, 0) is 4.74 Å². The highest BCUT2D eigenvalue weighted by atomic mass is 19.1. The van der Waals surface area contributed by atoms with Gasteiger partial charge < -0.3 is 20.5 Å². The van der Waals surface area contributed by atoms with Gasteiger partial charge in [0.2, 0.25) is 0 Å². The Morgan fingerprint density at radius 2 is 2.21 bits per heavy atom. The topological polar surface area (TPSA) is 75.8 Å².